The summed E-state index contributed by atoms with van der Waals surface area (Å²) in [4.78, 5) is 16.8. The summed E-state index contributed by atoms with van der Waals surface area (Å²) in [7, 11) is 0. The highest BCUT2D eigenvalue weighted by Gasteiger charge is 2.31. The molecule has 1 aromatic carbocycles. The van der Waals surface area contributed by atoms with E-state index < -0.39 is 17.6 Å². The van der Waals surface area contributed by atoms with Gasteiger partial charge in [0.1, 0.15) is 0 Å². The van der Waals surface area contributed by atoms with E-state index in [9.17, 15) is 18.0 Å². The van der Waals surface area contributed by atoms with Gasteiger partial charge < -0.3 is 14.6 Å². The van der Waals surface area contributed by atoms with Crippen molar-refractivity contribution in [2.75, 3.05) is 17.7 Å². The van der Waals surface area contributed by atoms with Crippen LogP contribution in [0.2, 0.25) is 5.02 Å². The number of carbonyl (C=O) groups excluding carboxylic acids is 1. The zero-order valence-corrected chi connectivity index (χ0v) is 17.5. The third-order valence-electron chi connectivity index (χ3n) is 4.73. The molecule has 3 rings (SSSR count). The third kappa shape index (κ3) is 5.46. The minimum absolute atomic E-state index is 0.00596. The topological polar surface area (TPSA) is 56.2 Å². The SMILES string of the molecule is Cc1nc(SCC(=O)Nc2cc(C(F)(F)F)ccc2Cl)n(CC2CCCO2)c1C. The molecule has 1 aliphatic heterocycles. The van der Waals surface area contributed by atoms with Crippen LogP contribution in [0.1, 0.15) is 29.8 Å². The van der Waals surface area contributed by atoms with Crippen LogP contribution in [0.4, 0.5) is 18.9 Å². The molecule has 2 heterocycles. The third-order valence-corrected chi connectivity index (χ3v) is 6.04. The Bertz CT molecular complexity index is 896. The van der Waals surface area contributed by atoms with Crippen LogP contribution in [-0.2, 0) is 22.3 Å². The number of anilines is 1. The molecule has 0 aliphatic carbocycles. The number of imidazole rings is 1. The summed E-state index contributed by atoms with van der Waals surface area (Å²) in [6.45, 7) is 5.27. The number of hydrogen-bond acceptors (Lipinski definition) is 4. The van der Waals surface area contributed by atoms with E-state index in [-0.39, 0.29) is 22.6 Å². The Morgan fingerprint density at radius 1 is 1.41 bits per heavy atom. The monoisotopic (exact) mass is 447 g/mol. The highest BCUT2D eigenvalue weighted by molar-refractivity contribution is 7.99. The highest BCUT2D eigenvalue weighted by Crippen LogP contribution is 2.34. The lowest BCUT2D eigenvalue weighted by molar-refractivity contribution is -0.137. The molecule has 158 valence electrons. The molecule has 1 aliphatic rings. The number of benzene rings is 1. The number of hydrogen-bond donors (Lipinski definition) is 1. The Labute approximate surface area is 176 Å². The van der Waals surface area contributed by atoms with E-state index in [1.807, 2.05) is 18.4 Å². The first-order valence-electron chi connectivity index (χ1n) is 9.10. The molecule has 5 nitrogen and oxygen atoms in total. The molecular weight excluding hydrogens is 427 g/mol. The van der Waals surface area contributed by atoms with Crippen molar-refractivity contribution in [2.45, 2.75) is 50.7 Å². The van der Waals surface area contributed by atoms with E-state index in [1.165, 1.54) is 11.8 Å². The molecule has 1 atom stereocenters. The van der Waals surface area contributed by atoms with Crippen LogP contribution >= 0.6 is 23.4 Å². The van der Waals surface area contributed by atoms with Gasteiger partial charge in [0.25, 0.3) is 0 Å². The van der Waals surface area contributed by atoms with E-state index in [0.717, 1.165) is 49.0 Å². The average Bonchev–Trinajstić information content (AvgIpc) is 3.25. The highest BCUT2D eigenvalue weighted by atomic mass is 35.5. The van der Waals surface area contributed by atoms with Gasteiger partial charge in [0.2, 0.25) is 5.91 Å². The first-order chi connectivity index (χ1) is 13.6. The van der Waals surface area contributed by atoms with Crippen LogP contribution in [0, 0.1) is 13.8 Å². The second-order valence-electron chi connectivity index (χ2n) is 6.84. The van der Waals surface area contributed by atoms with Crippen molar-refractivity contribution in [1.29, 1.82) is 0 Å². The van der Waals surface area contributed by atoms with Crippen molar-refractivity contribution in [3.63, 3.8) is 0 Å². The van der Waals surface area contributed by atoms with Gasteiger partial charge in [-0.2, -0.15) is 13.2 Å². The van der Waals surface area contributed by atoms with Gasteiger partial charge in [-0.05, 0) is 44.9 Å². The number of nitrogens with one attached hydrogen (secondary N) is 1. The molecule has 2 aromatic rings. The maximum atomic E-state index is 12.9. The van der Waals surface area contributed by atoms with Crippen molar-refractivity contribution in [1.82, 2.24) is 9.55 Å². The summed E-state index contributed by atoms with van der Waals surface area (Å²) in [5, 5.41) is 3.18. The molecule has 1 fully saturated rings. The van der Waals surface area contributed by atoms with Crippen molar-refractivity contribution >= 4 is 35.0 Å². The van der Waals surface area contributed by atoms with Gasteiger partial charge in [-0.3, -0.25) is 4.79 Å². The lowest BCUT2D eigenvalue weighted by atomic mass is 10.2. The van der Waals surface area contributed by atoms with Crippen LogP contribution in [0.25, 0.3) is 0 Å². The lowest BCUT2D eigenvalue weighted by Gasteiger charge is -2.15. The first-order valence-corrected chi connectivity index (χ1v) is 10.5. The molecule has 1 N–H and O–H groups in total. The maximum Gasteiger partial charge on any atom is 0.416 e. The van der Waals surface area contributed by atoms with Crippen molar-refractivity contribution in [3.05, 3.63) is 40.2 Å². The molecule has 1 amide bonds. The van der Waals surface area contributed by atoms with Crippen LogP contribution in [-0.4, -0.2) is 33.9 Å². The Morgan fingerprint density at radius 3 is 2.83 bits per heavy atom. The standard InChI is InChI=1S/C19H21ClF3N3O2S/c1-11-12(2)26(9-14-4-3-7-28-14)18(24-11)29-10-17(27)25-16-8-13(19(21,22)23)5-6-15(16)20/h5-6,8,14H,3-4,7,9-10H2,1-2H3,(H,25,27). The molecule has 10 heteroatoms. The molecule has 0 saturated carbocycles. The Morgan fingerprint density at radius 2 is 2.17 bits per heavy atom. The van der Waals surface area contributed by atoms with E-state index in [0.29, 0.717) is 11.7 Å². The van der Waals surface area contributed by atoms with E-state index in [2.05, 4.69) is 10.3 Å². The Kier molecular flexibility index (Phi) is 6.80. The van der Waals surface area contributed by atoms with Crippen LogP contribution in [0.3, 0.4) is 0 Å². The number of thioether (sulfide) groups is 1. The maximum absolute atomic E-state index is 12.9. The van der Waals surface area contributed by atoms with E-state index >= 15 is 0 Å². The Balaban J connectivity index is 1.66. The Hall–Kier alpha value is -1.71. The number of aryl methyl sites for hydroxylation is 1. The largest absolute Gasteiger partial charge is 0.416 e. The second-order valence-corrected chi connectivity index (χ2v) is 8.19. The van der Waals surface area contributed by atoms with Gasteiger partial charge in [0, 0.05) is 12.3 Å². The number of ether oxygens (including phenoxy) is 1. The predicted molar refractivity (Wildman–Crippen MR) is 106 cm³/mol. The number of carbonyl (C=O) groups is 1. The second kappa shape index (κ2) is 8.97. The molecular formula is C19H21ClF3N3O2S. The molecule has 1 saturated heterocycles. The number of nitrogens with zero attached hydrogens (tertiary/aromatic N) is 2. The number of aromatic nitrogens is 2. The molecule has 29 heavy (non-hydrogen) atoms. The van der Waals surface area contributed by atoms with Gasteiger partial charge >= 0.3 is 6.18 Å². The zero-order chi connectivity index (χ0) is 21.2. The fourth-order valence-corrected chi connectivity index (χ4v) is 4.12. The zero-order valence-electron chi connectivity index (χ0n) is 16.0. The molecule has 0 bridgehead atoms. The van der Waals surface area contributed by atoms with Gasteiger partial charge in [0.15, 0.2) is 5.16 Å². The number of halogens is 4. The van der Waals surface area contributed by atoms with Gasteiger partial charge in [-0.1, -0.05) is 23.4 Å². The van der Waals surface area contributed by atoms with Gasteiger partial charge in [-0.15, -0.1) is 0 Å². The average molecular weight is 448 g/mol. The van der Waals surface area contributed by atoms with Crippen molar-refractivity contribution < 1.29 is 22.7 Å². The molecule has 1 aromatic heterocycles. The molecule has 1 unspecified atom stereocenters. The fraction of sp³-hybridized carbons (Fsp3) is 0.474. The van der Waals surface area contributed by atoms with Gasteiger partial charge in [-0.25, -0.2) is 4.98 Å². The number of alkyl halides is 3. The number of amides is 1. The smallest absolute Gasteiger partial charge is 0.376 e. The summed E-state index contributed by atoms with van der Waals surface area (Å²) in [6, 6.07) is 2.83. The van der Waals surface area contributed by atoms with Crippen LogP contribution in [0.15, 0.2) is 23.4 Å². The molecule has 0 spiro atoms. The quantitative estimate of drug-likeness (QED) is 0.627. The predicted octanol–water partition coefficient (Wildman–Crippen LogP) is 5.08. The molecule has 0 radical (unpaired) electrons. The van der Waals surface area contributed by atoms with Crippen LogP contribution < -0.4 is 5.32 Å². The fourth-order valence-electron chi connectivity index (χ4n) is 3.05. The summed E-state index contributed by atoms with van der Waals surface area (Å²) in [6.07, 6.45) is -2.38. The summed E-state index contributed by atoms with van der Waals surface area (Å²) in [5.41, 5.74) is 0.932. The van der Waals surface area contributed by atoms with E-state index in [4.69, 9.17) is 16.3 Å². The van der Waals surface area contributed by atoms with Crippen molar-refractivity contribution in [2.24, 2.45) is 0 Å². The van der Waals surface area contributed by atoms with Crippen LogP contribution in [0.5, 0.6) is 0 Å². The van der Waals surface area contributed by atoms with Gasteiger partial charge in [0.05, 0.1) is 40.4 Å². The minimum Gasteiger partial charge on any atom is -0.376 e. The summed E-state index contributed by atoms with van der Waals surface area (Å²) in [5.74, 6) is -0.466. The normalized spacial score (nSPS) is 17.0. The first kappa shape index (κ1) is 22.0. The lowest BCUT2D eigenvalue weighted by Crippen LogP contribution is -2.18. The van der Waals surface area contributed by atoms with Crippen molar-refractivity contribution in [3.8, 4) is 0 Å². The van der Waals surface area contributed by atoms with E-state index in [1.54, 1.807) is 0 Å². The number of rotatable bonds is 6. The summed E-state index contributed by atoms with van der Waals surface area (Å²) >= 11 is 7.16. The minimum atomic E-state index is -4.51. The summed E-state index contributed by atoms with van der Waals surface area (Å²) < 4.78 is 46.3.